The Hall–Kier alpha value is -2.61. The summed E-state index contributed by atoms with van der Waals surface area (Å²) in [7, 11) is 0. The Morgan fingerprint density at radius 3 is 1.97 bits per heavy atom. The molecule has 0 bridgehead atoms. The van der Waals surface area contributed by atoms with Gasteiger partial charge in [-0.05, 0) is 76.0 Å². The molecule has 0 saturated carbocycles. The molecule has 2 aromatic rings. The molecule has 2 amide bonds. The van der Waals surface area contributed by atoms with Crippen LogP contribution in [0.1, 0.15) is 60.1 Å². The minimum absolute atomic E-state index is 0.0190. The molecule has 8 heteroatoms. The number of anilines is 1. The van der Waals surface area contributed by atoms with Crippen molar-refractivity contribution in [3.8, 4) is 5.75 Å². The van der Waals surface area contributed by atoms with E-state index in [9.17, 15) is 9.59 Å². The number of benzene rings is 1. The van der Waals surface area contributed by atoms with Gasteiger partial charge in [0.1, 0.15) is 17.3 Å². The Morgan fingerprint density at radius 2 is 1.48 bits per heavy atom. The first-order valence-corrected chi connectivity index (χ1v) is 10.7. The number of imide groups is 1. The average Bonchev–Trinajstić information content (AvgIpc) is 2.61. The van der Waals surface area contributed by atoms with Crippen LogP contribution < -0.4 is 9.64 Å². The van der Waals surface area contributed by atoms with Crippen molar-refractivity contribution >= 4 is 33.9 Å². The molecular weight excluding hydrogens is 464 g/mol. The van der Waals surface area contributed by atoms with Crippen LogP contribution in [0.25, 0.3) is 0 Å². The number of aromatic nitrogens is 1. The summed E-state index contributed by atoms with van der Waals surface area (Å²) in [6, 6.07) is 11.2. The molecule has 1 aromatic heterocycles. The Morgan fingerprint density at radius 1 is 0.968 bits per heavy atom. The van der Waals surface area contributed by atoms with Crippen LogP contribution in [0.2, 0.25) is 0 Å². The van der Waals surface area contributed by atoms with Crippen LogP contribution in [0.15, 0.2) is 47.1 Å². The van der Waals surface area contributed by atoms with Crippen molar-refractivity contribution in [2.75, 3.05) is 4.90 Å². The Balaban J connectivity index is 2.49. The Labute approximate surface area is 191 Å². The number of carbonyl (C=O) groups excluding carboxylic acids is 2. The van der Waals surface area contributed by atoms with Crippen molar-refractivity contribution in [2.24, 2.45) is 0 Å². The van der Waals surface area contributed by atoms with E-state index in [1.807, 2.05) is 37.3 Å². The smallest absolute Gasteiger partial charge is 0.425 e. The van der Waals surface area contributed by atoms with Crippen molar-refractivity contribution in [2.45, 2.75) is 65.8 Å². The summed E-state index contributed by atoms with van der Waals surface area (Å²) in [5, 5.41) is 0. The highest BCUT2D eigenvalue weighted by molar-refractivity contribution is 9.10. The molecule has 0 aliphatic carbocycles. The quantitative estimate of drug-likeness (QED) is 0.474. The van der Waals surface area contributed by atoms with Crippen molar-refractivity contribution in [3.05, 3.63) is 52.6 Å². The largest absolute Gasteiger partial charge is 0.482 e. The zero-order chi connectivity index (χ0) is 23.4. The number of nitrogens with zero attached hydrogens (tertiary/aromatic N) is 2. The summed E-state index contributed by atoms with van der Waals surface area (Å²) >= 11 is 3.37. The number of rotatable bonds is 4. The second-order valence-electron chi connectivity index (χ2n) is 8.94. The standard InChI is InChI=1S/C23H29BrN2O5/c1-15(16-11-9-8-10-12-16)29-18-13-17(24)14-25-19(18)26(20(27)30-22(2,3)4)21(28)31-23(5,6)7/h8-15H,1-7H3. The van der Waals surface area contributed by atoms with E-state index >= 15 is 0 Å². The zero-order valence-corrected chi connectivity index (χ0v) is 20.5. The molecule has 0 radical (unpaired) electrons. The lowest BCUT2D eigenvalue weighted by molar-refractivity contribution is 0.0426. The van der Waals surface area contributed by atoms with E-state index in [1.165, 1.54) is 6.20 Å². The third kappa shape index (κ3) is 7.54. The zero-order valence-electron chi connectivity index (χ0n) is 18.9. The normalized spacial score (nSPS) is 12.6. The Kier molecular flexibility index (Phi) is 7.70. The molecule has 2 rings (SSSR count). The van der Waals surface area contributed by atoms with Gasteiger partial charge in [-0.15, -0.1) is 0 Å². The van der Waals surface area contributed by atoms with E-state index in [4.69, 9.17) is 14.2 Å². The van der Waals surface area contributed by atoms with Gasteiger partial charge in [-0.1, -0.05) is 30.3 Å². The van der Waals surface area contributed by atoms with Gasteiger partial charge in [0.15, 0.2) is 11.6 Å². The first-order chi connectivity index (χ1) is 14.3. The lowest BCUT2D eigenvalue weighted by Gasteiger charge is -2.29. The molecule has 1 aromatic carbocycles. The summed E-state index contributed by atoms with van der Waals surface area (Å²) in [4.78, 5) is 31.0. The molecule has 1 atom stereocenters. The molecule has 7 nitrogen and oxygen atoms in total. The van der Waals surface area contributed by atoms with Crippen molar-refractivity contribution in [1.29, 1.82) is 0 Å². The van der Waals surface area contributed by atoms with Crippen LogP contribution in [0.3, 0.4) is 0 Å². The van der Waals surface area contributed by atoms with E-state index in [0.29, 0.717) is 4.47 Å². The van der Waals surface area contributed by atoms with E-state index in [2.05, 4.69) is 20.9 Å². The van der Waals surface area contributed by atoms with E-state index in [-0.39, 0.29) is 17.7 Å². The van der Waals surface area contributed by atoms with Gasteiger partial charge in [0.25, 0.3) is 0 Å². The minimum Gasteiger partial charge on any atom is -0.482 e. The first kappa shape index (κ1) is 24.7. The number of hydrogen-bond donors (Lipinski definition) is 0. The third-order valence-electron chi connectivity index (χ3n) is 3.74. The molecule has 1 unspecified atom stereocenters. The second kappa shape index (κ2) is 9.68. The van der Waals surface area contributed by atoms with Gasteiger partial charge in [0.2, 0.25) is 0 Å². The molecule has 0 N–H and O–H groups in total. The third-order valence-corrected chi connectivity index (χ3v) is 4.17. The summed E-state index contributed by atoms with van der Waals surface area (Å²) in [6.07, 6.45) is -0.713. The molecule has 1 heterocycles. The number of halogens is 1. The number of pyridine rings is 1. The molecule has 31 heavy (non-hydrogen) atoms. The fourth-order valence-electron chi connectivity index (χ4n) is 2.51. The van der Waals surface area contributed by atoms with Crippen LogP contribution in [0, 0.1) is 0 Å². The molecule has 0 saturated heterocycles. The molecule has 0 aliphatic rings. The maximum absolute atomic E-state index is 13.0. The van der Waals surface area contributed by atoms with Gasteiger partial charge in [0, 0.05) is 10.7 Å². The highest BCUT2D eigenvalue weighted by Gasteiger charge is 2.36. The predicted molar refractivity (Wildman–Crippen MR) is 122 cm³/mol. The Bertz CT molecular complexity index is 892. The SMILES string of the molecule is CC(Oc1cc(Br)cnc1N(C(=O)OC(C)(C)C)C(=O)OC(C)(C)C)c1ccccc1. The van der Waals surface area contributed by atoms with Crippen LogP contribution in [-0.2, 0) is 9.47 Å². The van der Waals surface area contributed by atoms with Crippen LogP contribution in [0.5, 0.6) is 5.75 Å². The van der Waals surface area contributed by atoms with Gasteiger partial charge >= 0.3 is 12.2 Å². The van der Waals surface area contributed by atoms with Crippen molar-refractivity contribution in [1.82, 2.24) is 4.98 Å². The predicted octanol–water partition coefficient (Wildman–Crippen LogP) is 6.66. The fraction of sp³-hybridized carbons (Fsp3) is 0.435. The molecular formula is C23H29BrN2O5. The van der Waals surface area contributed by atoms with Crippen LogP contribution in [0.4, 0.5) is 15.4 Å². The van der Waals surface area contributed by atoms with Gasteiger partial charge in [-0.3, -0.25) is 0 Å². The maximum Gasteiger partial charge on any atom is 0.425 e. The lowest BCUT2D eigenvalue weighted by Crippen LogP contribution is -2.44. The number of hydrogen-bond acceptors (Lipinski definition) is 6. The van der Waals surface area contributed by atoms with Crippen molar-refractivity contribution < 1.29 is 23.8 Å². The van der Waals surface area contributed by atoms with Crippen LogP contribution >= 0.6 is 15.9 Å². The number of amides is 2. The average molecular weight is 493 g/mol. The lowest BCUT2D eigenvalue weighted by atomic mass is 10.1. The molecule has 0 spiro atoms. The van der Waals surface area contributed by atoms with Crippen LogP contribution in [-0.4, -0.2) is 28.4 Å². The molecule has 0 fully saturated rings. The highest BCUT2D eigenvalue weighted by Crippen LogP contribution is 2.34. The number of carbonyl (C=O) groups is 2. The summed E-state index contributed by atoms with van der Waals surface area (Å²) < 4.78 is 17.6. The van der Waals surface area contributed by atoms with E-state index in [0.717, 1.165) is 10.5 Å². The maximum atomic E-state index is 13.0. The monoisotopic (exact) mass is 492 g/mol. The first-order valence-electron chi connectivity index (χ1n) is 9.90. The fourth-order valence-corrected chi connectivity index (χ4v) is 2.82. The second-order valence-corrected chi connectivity index (χ2v) is 9.86. The van der Waals surface area contributed by atoms with Crippen molar-refractivity contribution in [3.63, 3.8) is 0 Å². The van der Waals surface area contributed by atoms with Gasteiger partial charge in [0.05, 0.1) is 0 Å². The number of ether oxygens (including phenoxy) is 3. The summed E-state index contributed by atoms with van der Waals surface area (Å²) in [5.74, 6) is 0.205. The molecule has 0 aliphatic heterocycles. The molecule has 168 valence electrons. The van der Waals surface area contributed by atoms with Gasteiger partial charge in [-0.2, -0.15) is 4.90 Å². The highest BCUT2D eigenvalue weighted by atomic mass is 79.9. The summed E-state index contributed by atoms with van der Waals surface area (Å²) in [6.45, 7) is 12.1. The van der Waals surface area contributed by atoms with Gasteiger partial charge < -0.3 is 14.2 Å². The van der Waals surface area contributed by atoms with E-state index < -0.39 is 23.4 Å². The summed E-state index contributed by atoms with van der Waals surface area (Å²) in [5.41, 5.74) is -0.731. The van der Waals surface area contributed by atoms with Gasteiger partial charge in [-0.25, -0.2) is 14.6 Å². The van der Waals surface area contributed by atoms with E-state index in [1.54, 1.807) is 47.6 Å². The topological polar surface area (TPSA) is 78.0 Å². The minimum atomic E-state index is -0.909.